The molecule has 2 aromatic rings. The molecule has 0 N–H and O–H groups in total. The summed E-state index contributed by atoms with van der Waals surface area (Å²) in [7, 11) is 1.32. The fraction of sp³-hybridized carbons (Fsp3) is 0.100. The summed E-state index contributed by atoms with van der Waals surface area (Å²) in [6.07, 6.45) is 4.99. The summed E-state index contributed by atoms with van der Waals surface area (Å²) < 4.78 is 7.09. The maximum absolute atomic E-state index is 11.3. The van der Waals surface area contributed by atoms with Gasteiger partial charge in [0.2, 0.25) is 0 Å². The number of ether oxygens (including phenoxy) is 1. The van der Waals surface area contributed by atoms with E-state index in [0.29, 0.717) is 0 Å². The van der Waals surface area contributed by atoms with Gasteiger partial charge in [-0.1, -0.05) is 0 Å². The van der Waals surface area contributed by atoms with Crippen molar-refractivity contribution in [2.75, 3.05) is 7.11 Å². The highest BCUT2D eigenvalue weighted by molar-refractivity contribution is 9.10. The Labute approximate surface area is 100 Å². The van der Waals surface area contributed by atoms with Crippen LogP contribution in [-0.2, 0) is 4.74 Å². The van der Waals surface area contributed by atoms with Crippen molar-refractivity contribution in [1.29, 1.82) is 0 Å². The van der Waals surface area contributed by atoms with Gasteiger partial charge in [-0.15, -0.1) is 0 Å². The molecule has 0 saturated heterocycles. The number of pyridine rings is 1. The number of methoxy groups -OCH3 is 1. The highest BCUT2D eigenvalue weighted by atomic mass is 79.9. The topological polar surface area (TPSA) is 57.0 Å². The minimum absolute atomic E-state index is 0.256. The van der Waals surface area contributed by atoms with E-state index in [2.05, 4.69) is 30.7 Å². The number of esters is 1. The molecule has 16 heavy (non-hydrogen) atoms. The minimum Gasteiger partial charge on any atom is -0.464 e. The van der Waals surface area contributed by atoms with Crippen molar-refractivity contribution in [2.24, 2.45) is 0 Å². The Kier molecular flexibility index (Phi) is 3.00. The molecule has 0 spiro atoms. The molecule has 0 aromatic carbocycles. The van der Waals surface area contributed by atoms with Crippen molar-refractivity contribution < 1.29 is 9.53 Å². The molecule has 0 atom stereocenters. The first-order chi connectivity index (χ1) is 7.70. The van der Waals surface area contributed by atoms with E-state index in [1.807, 2.05) is 0 Å². The third-order valence-corrected chi connectivity index (χ3v) is 2.36. The van der Waals surface area contributed by atoms with Gasteiger partial charge in [0.1, 0.15) is 5.69 Å². The fourth-order valence-electron chi connectivity index (χ4n) is 1.22. The molecular weight excluding hydrogens is 274 g/mol. The molecule has 5 nitrogen and oxygen atoms in total. The fourth-order valence-corrected chi connectivity index (χ4v) is 1.51. The number of rotatable bonds is 2. The van der Waals surface area contributed by atoms with E-state index >= 15 is 0 Å². The zero-order valence-corrected chi connectivity index (χ0v) is 10.0. The molecule has 2 aromatic heterocycles. The zero-order valence-electron chi connectivity index (χ0n) is 8.42. The second-order valence-electron chi connectivity index (χ2n) is 2.99. The molecule has 82 valence electrons. The number of hydrogen-bond acceptors (Lipinski definition) is 4. The largest absolute Gasteiger partial charge is 0.464 e. The summed E-state index contributed by atoms with van der Waals surface area (Å²) in [5.74, 6) is -0.465. The lowest BCUT2D eigenvalue weighted by Gasteiger charge is -2.02. The lowest BCUT2D eigenvalue weighted by Crippen LogP contribution is -2.05. The van der Waals surface area contributed by atoms with Gasteiger partial charge in [0.15, 0.2) is 0 Å². The van der Waals surface area contributed by atoms with E-state index < -0.39 is 5.97 Å². The molecule has 0 aliphatic carbocycles. The summed E-state index contributed by atoms with van der Waals surface area (Å²) in [5.41, 5.74) is 1.01. The Hall–Kier alpha value is -1.69. The molecule has 0 aliphatic heterocycles. The van der Waals surface area contributed by atoms with Gasteiger partial charge < -0.3 is 4.74 Å². The Morgan fingerprint density at radius 1 is 1.56 bits per heavy atom. The van der Waals surface area contributed by atoms with Crippen LogP contribution in [0.3, 0.4) is 0 Å². The van der Waals surface area contributed by atoms with E-state index in [9.17, 15) is 4.79 Å². The molecule has 2 heterocycles. The van der Waals surface area contributed by atoms with Crippen molar-refractivity contribution in [1.82, 2.24) is 14.8 Å². The minimum atomic E-state index is -0.465. The summed E-state index contributed by atoms with van der Waals surface area (Å²) in [6.45, 7) is 0. The highest BCUT2D eigenvalue weighted by Crippen LogP contribution is 2.12. The van der Waals surface area contributed by atoms with Crippen molar-refractivity contribution in [3.63, 3.8) is 0 Å². The number of carbonyl (C=O) groups is 1. The number of nitrogens with zero attached hydrogens (tertiary/aromatic N) is 3. The monoisotopic (exact) mass is 281 g/mol. The average molecular weight is 282 g/mol. The Bertz CT molecular complexity index is 524. The summed E-state index contributed by atoms with van der Waals surface area (Å²) in [6, 6.07) is 3.37. The Balaban J connectivity index is 2.39. The van der Waals surface area contributed by atoms with Crippen molar-refractivity contribution in [3.05, 3.63) is 40.9 Å². The van der Waals surface area contributed by atoms with Gasteiger partial charge in [0, 0.05) is 12.4 Å². The van der Waals surface area contributed by atoms with Gasteiger partial charge in [0.05, 0.1) is 23.5 Å². The Morgan fingerprint density at radius 3 is 3.00 bits per heavy atom. The quantitative estimate of drug-likeness (QED) is 0.788. The first-order valence-electron chi connectivity index (χ1n) is 4.45. The van der Waals surface area contributed by atoms with Crippen LogP contribution in [0.2, 0.25) is 0 Å². The number of carbonyl (C=O) groups excluding carboxylic acids is 1. The van der Waals surface area contributed by atoms with Gasteiger partial charge in [0.25, 0.3) is 0 Å². The van der Waals surface area contributed by atoms with Crippen molar-refractivity contribution in [3.8, 4) is 5.69 Å². The summed E-state index contributed by atoms with van der Waals surface area (Å²) in [4.78, 5) is 15.2. The van der Waals surface area contributed by atoms with Gasteiger partial charge >= 0.3 is 5.97 Å². The van der Waals surface area contributed by atoms with Crippen molar-refractivity contribution in [2.45, 2.75) is 0 Å². The molecule has 0 saturated carbocycles. The standard InChI is InChI=1S/C10H8BrN3O2/c1-16-10(15)9-4-8(2-3-12-9)14-6-7(11)5-13-14/h2-6H,1H3. The van der Waals surface area contributed by atoms with Crippen LogP contribution in [0.1, 0.15) is 10.5 Å². The smallest absolute Gasteiger partial charge is 0.356 e. The third-order valence-electron chi connectivity index (χ3n) is 1.95. The van der Waals surface area contributed by atoms with Crippen molar-refractivity contribution >= 4 is 21.9 Å². The summed E-state index contributed by atoms with van der Waals surface area (Å²) in [5, 5.41) is 4.10. The van der Waals surface area contributed by atoms with Crippen LogP contribution >= 0.6 is 15.9 Å². The maximum Gasteiger partial charge on any atom is 0.356 e. The first kappa shape index (κ1) is 10.8. The van der Waals surface area contributed by atoms with Crippen LogP contribution < -0.4 is 0 Å². The lowest BCUT2D eigenvalue weighted by molar-refractivity contribution is 0.0594. The van der Waals surface area contributed by atoms with Gasteiger partial charge in [-0.25, -0.2) is 14.5 Å². The molecule has 0 fully saturated rings. The summed E-state index contributed by atoms with van der Waals surface area (Å²) >= 11 is 3.30. The highest BCUT2D eigenvalue weighted by Gasteiger charge is 2.08. The normalized spacial score (nSPS) is 10.1. The van der Waals surface area contributed by atoms with Crippen LogP contribution in [0, 0.1) is 0 Å². The second-order valence-corrected chi connectivity index (χ2v) is 3.91. The van der Waals surface area contributed by atoms with E-state index in [0.717, 1.165) is 10.2 Å². The maximum atomic E-state index is 11.3. The van der Waals surface area contributed by atoms with Crippen LogP contribution in [0.5, 0.6) is 0 Å². The van der Waals surface area contributed by atoms with E-state index in [-0.39, 0.29) is 5.69 Å². The van der Waals surface area contributed by atoms with E-state index in [1.165, 1.54) is 13.3 Å². The predicted molar refractivity (Wildman–Crippen MR) is 60.4 cm³/mol. The van der Waals surface area contributed by atoms with Gasteiger partial charge in [-0.2, -0.15) is 5.10 Å². The molecule has 6 heteroatoms. The lowest BCUT2D eigenvalue weighted by atomic mass is 10.3. The molecule has 0 unspecified atom stereocenters. The predicted octanol–water partition coefficient (Wildman–Crippen LogP) is 1.82. The SMILES string of the molecule is COC(=O)c1cc(-n2cc(Br)cn2)ccn1. The van der Waals surface area contributed by atoms with E-state index in [1.54, 1.807) is 29.2 Å². The van der Waals surface area contributed by atoms with Crippen LogP contribution in [-0.4, -0.2) is 27.8 Å². The van der Waals surface area contributed by atoms with Gasteiger partial charge in [-0.3, -0.25) is 0 Å². The van der Waals surface area contributed by atoms with Crippen LogP contribution in [0.15, 0.2) is 35.2 Å². The Morgan fingerprint density at radius 2 is 2.38 bits per heavy atom. The van der Waals surface area contributed by atoms with E-state index in [4.69, 9.17) is 0 Å². The van der Waals surface area contributed by atoms with Crippen LogP contribution in [0.25, 0.3) is 5.69 Å². The number of aromatic nitrogens is 3. The number of halogens is 1. The third kappa shape index (κ3) is 2.11. The molecular formula is C10H8BrN3O2. The van der Waals surface area contributed by atoms with Crippen LogP contribution in [0.4, 0.5) is 0 Å². The molecule has 0 amide bonds. The second kappa shape index (κ2) is 4.44. The first-order valence-corrected chi connectivity index (χ1v) is 5.25. The molecule has 0 radical (unpaired) electrons. The number of hydrogen-bond donors (Lipinski definition) is 0. The molecule has 2 rings (SSSR count). The average Bonchev–Trinajstić information content (AvgIpc) is 2.75. The molecule has 0 aliphatic rings. The van der Waals surface area contributed by atoms with Gasteiger partial charge in [-0.05, 0) is 28.1 Å². The zero-order chi connectivity index (χ0) is 11.5. The molecule has 0 bridgehead atoms.